The average Bonchev–Trinajstić information content (AvgIpc) is 3.34. The first-order valence-electron chi connectivity index (χ1n) is 11.0. The maximum atomic E-state index is 12.2. The Hall–Kier alpha value is -2.52. The van der Waals surface area contributed by atoms with E-state index in [4.69, 9.17) is 11.2 Å². The van der Waals surface area contributed by atoms with Crippen molar-refractivity contribution in [3.8, 4) is 12.3 Å². The molecule has 0 N–H and O–H groups in total. The number of rotatable bonds is 4. The first kappa shape index (κ1) is 20.7. The van der Waals surface area contributed by atoms with Gasteiger partial charge in [-0.05, 0) is 49.9 Å². The number of ether oxygens (including phenoxy) is 1. The first-order valence-corrected chi connectivity index (χ1v) is 11.0. The molecular weight excluding hydrogens is 378 g/mol. The van der Waals surface area contributed by atoms with Gasteiger partial charge in [0.1, 0.15) is 6.61 Å². The predicted molar refractivity (Wildman–Crippen MR) is 118 cm³/mol. The van der Waals surface area contributed by atoms with Gasteiger partial charge < -0.3 is 19.4 Å². The molecule has 1 aromatic rings. The Kier molecular flexibility index (Phi) is 6.01. The summed E-state index contributed by atoms with van der Waals surface area (Å²) in [6.45, 7) is 7.36. The lowest BCUT2D eigenvalue weighted by molar-refractivity contribution is -0.116. The molecule has 0 bridgehead atoms. The largest absolute Gasteiger partial charge is 0.448 e. The lowest BCUT2D eigenvalue weighted by atomic mass is 9.74. The number of benzene rings is 1. The first-order chi connectivity index (χ1) is 14.5. The van der Waals surface area contributed by atoms with Gasteiger partial charge in [-0.1, -0.05) is 18.2 Å². The highest BCUT2D eigenvalue weighted by Gasteiger charge is 2.45. The number of terminal acetylenes is 1. The SMILES string of the molecule is C#CCCOC(=O)N1CC[C@H](CN2CCC3(CC2)CN(C(C)=O)c2ccccc23)C1.[HH]. The fourth-order valence-electron chi connectivity index (χ4n) is 5.30. The molecule has 6 nitrogen and oxygen atoms in total. The Morgan fingerprint density at radius 1 is 1.27 bits per heavy atom. The maximum absolute atomic E-state index is 12.2. The zero-order valence-electron chi connectivity index (χ0n) is 17.8. The number of hydrogen-bond acceptors (Lipinski definition) is 4. The highest BCUT2D eigenvalue weighted by Crippen LogP contribution is 2.47. The van der Waals surface area contributed by atoms with Gasteiger partial charge in [0.05, 0.1) is 0 Å². The van der Waals surface area contributed by atoms with Crippen molar-refractivity contribution < 1.29 is 15.8 Å². The van der Waals surface area contributed by atoms with Gasteiger partial charge in [0.25, 0.3) is 0 Å². The number of amides is 2. The lowest BCUT2D eigenvalue weighted by Crippen LogP contribution is -2.47. The van der Waals surface area contributed by atoms with E-state index < -0.39 is 0 Å². The summed E-state index contributed by atoms with van der Waals surface area (Å²) < 4.78 is 5.23. The van der Waals surface area contributed by atoms with E-state index in [0.29, 0.717) is 18.9 Å². The molecule has 3 aliphatic rings. The van der Waals surface area contributed by atoms with Crippen LogP contribution in [0.2, 0.25) is 0 Å². The van der Waals surface area contributed by atoms with Crippen LogP contribution in [-0.2, 0) is 14.9 Å². The van der Waals surface area contributed by atoms with Crippen molar-refractivity contribution >= 4 is 17.7 Å². The fraction of sp³-hybridized carbons (Fsp3) is 0.583. The molecule has 0 saturated carbocycles. The summed E-state index contributed by atoms with van der Waals surface area (Å²) in [5, 5.41) is 0. The van der Waals surface area contributed by atoms with Gasteiger partial charge in [0.2, 0.25) is 5.91 Å². The van der Waals surface area contributed by atoms with Gasteiger partial charge in [0.15, 0.2) is 0 Å². The Morgan fingerprint density at radius 2 is 2.03 bits per heavy atom. The van der Waals surface area contributed by atoms with Crippen molar-refractivity contribution in [2.24, 2.45) is 5.92 Å². The van der Waals surface area contributed by atoms with Crippen LogP contribution in [0.4, 0.5) is 10.5 Å². The zero-order valence-corrected chi connectivity index (χ0v) is 17.8. The van der Waals surface area contributed by atoms with Crippen molar-refractivity contribution in [1.82, 2.24) is 9.80 Å². The van der Waals surface area contributed by atoms with E-state index in [2.05, 4.69) is 29.0 Å². The molecule has 1 atom stereocenters. The summed E-state index contributed by atoms with van der Waals surface area (Å²) in [5.74, 6) is 3.10. The highest BCUT2D eigenvalue weighted by atomic mass is 16.6. The molecular formula is C24H33N3O3. The number of carbonyl (C=O) groups is 2. The molecule has 3 aliphatic heterocycles. The van der Waals surface area contributed by atoms with E-state index in [1.807, 2.05) is 15.9 Å². The second-order valence-corrected chi connectivity index (χ2v) is 8.87. The van der Waals surface area contributed by atoms with Crippen LogP contribution in [0.3, 0.4) is 0 Å². The van der Waals surface area contributed by atoms with E-state index in [1.54, 1.807) is 6.92 Å². The third-order valence-electron chi connectivity index (χ3n) is 6.95. The maximum Gasteiger partial charge on any atom is 0.409 e. The molecule has 162 valence electrons. The quantitative estimate of drug-likeness (QED) is 0.564. The van der Waals surface area contributed by atoms with Gasteiger partial charge in [-0.15, -0.1) is 12.3 Å². The van der Waals surface area contributed by atoms with Crippen molar-refractivity contribution in [3.63, 3.8) is 0 Å². The predicted octanol–water partition coefficient (Wildman–Crippen LogP) is 3.11. The summed E-state index contributed by atoms with van der Waals surface area (Å²) in [4.78, 5) is 30.6. The molecule has 3 heterocycles. The number of carbonyl (C=O) groups excluding carboxylic acids is 2. The normalized spacial score (nSPS) is 22.7. The van der Waals surface area contributed by atoms with Crippen LogP contribution >= 0.6 is 0 Å². The topological polar surface area (TPSA) is 53.1 Å². The fourth-order valence-corrected chi connectivity index (χ4v) is 5.30. The minimum Gasteiger partial charge on any atom is -0.448 e. The number of likely N-dealkylation sites (tertiary alicyclic amines) is 2. The summed E-state index contributed by atoms with van der Waals surface area (Å²) in [6, 6.07) is 8.39. The molecule has 0 aromatic heterocycles. The van der Waals surface area contributed by atoms with Crippen LogP contribution in [0.5, 0.6) is 0 Å². The van der Waals surface area contributed by atoms with Crippen LogP contribution in [0.1, 0.15) is 39.6 Å². The number of fused-ring (bicyclic) bond motifs is 2. The van der Waals surface area contributed by atoms with Crippen LogP contribution in [0, 0.1) is 18.3 Å². The van der Waals surface area contributed by atoms with Crippen LogP contribution in [-0.4, -0.2) is 67.7 Å². The molecule has 4 rings (SSSR count). The smallest absolute Gasteiger partial charge is 0.409 e. The van der Waals surface area contributed by atoms with Gasteiger partial charge in [-0.25, -0.2) is 4.79 Å². The Labute approximate surface area is 180 Å². The van der Waals surface area contributed by atoms with E-state index >= 15 is 0 Å². The van der Waals surface area contributed by atoms with Crippen molar-refractivity contribution in [3.05, 3.63) is 29.8 Å². The molecule has 0 radical (unpaired) electrons. The van der Waals surface area contributed by atoms with Gasteiger partial charge >= 0.3 is 6.09 Å². The lowest BCUT2D eigenvalue weighted by Gasteiger charge is -2.40. The summed E-state index contributed by atoms with van der Waals surface area (Å²) in [7, 11) is 0. The van der Waals surface area contributed by atoms with E-state index in [9.17, 15) is 9.59 Å². The second-order valence-electron chi connectivity index (χ2n) is 8.87. The Morgan fingerprint density at radius 3 is 2.77 bits per heavy atom. The van der Waals surface area contributed by atoms with Crippen molar-refractivity contribution in [2.45, 2.75) is 38.0 Å². The van der Waals surface area contributed by atoms with E-state index in [0.717, 1.165) is 64.2 Å². The molecule has 2 saturated heterocycles. The van der Waals surface area contributed by atoms with Gasteiger partial charge in [-0.2, -0.15) is 0 Å². The number of anilines is 1. The number of nitrogens with zero attached hydrogens (tertiary/aromatic N) is 3. The van der Waals surface area contributed by atoms with Gasteiger partial charge in [-0.3, -0.25) is 4.79 Å². The minimum atomic E-state index is -0.239. The number of hydrogen-bond donors (Lipinski definition) is 0. The molecule has 30 heavy (non-hydrogen) atoms. The van der Waals surface area contributed by atoms with Crippen molar-refractivity contribution in [1.29, 1.82) is 0 Å². The van der Waals surface area contributed by atoms with Crippen LogP contribution < -0.4 is 4.90 Å². The van der Waals surface area contributed by atoms with Crippen LogP contribution in [0.25, 0.3) is 0 Å². The van der Waals surface area contributed by atoms with Crippen LogP contribution in [0.15, 0.2) is 24.3 Å². The molecule has 2 amide bonds. The molecule has 0 unspecified atom stereocenters. The standard InChI is InChI=1S/C24H31N3O3.H2/c1-3-4-15-30-23(29)26-12-9-20(17-26)16-25-13-10-24(11-14-25)18-27(19(2)28)22-8-6-5-7-21(22)24;/h1,5-8,20H,4,9-18H2,2H3;1H/t20-;/m1./s1. The Balaban J connectivity index is 0.00000272. The summed E-state index contributed by atoms with van der Waals surface area (Å²) >= 11 is 0. The number of piperidine rings is 1. The average molecular weight is 412 g/mol. The summed E-state index contributed by atoms with van der Waals surface area (Å²) in [5.41, 5.74) is 2.51. The number of para-hydroxylation sites is 1. The molecule has 6 heteroatoms. The molecule has 1 spiro atoms. The third kappa shape index (κ3) is 4.04. The van der Waals surface area contributed by atoms with E-state index in [-0.39, 0.29) is 18.8 Å². The highest BCUT2D eigenvalue weighted by molar-refractivity contribution is 5.94. The minimum absolute atomic E-state index is 0. The summed E-state index contributed by atoms with van der Waals surface area (Å²) in [6.07, 6.45) is 8.59. The van der Waals surface area contributed by atoms with E-state index in [1.165, 1.54) is 5.56 Å². The Bertz CT molecular complexity index is 845. The zero-order chi connectivity index (χ0) is 21.1. The van der Waals surface area contributed by atoms with Gasteiger partial charge in [0, 0.05) is 52.1 Å². The van der Waals surface area contributed by atoms with Crippen molar-refractivity contribution in [2.75, 3.05) is 50.8 Å². The monoisotopic (exact) mass is 411 g/mol. The third-order valence-corrected chi connectivity index (χ3v) is 6.95. The molecule has 2 fully saturated rings. The molecule has 0 aliphatic carbocycles. The second kappa shape index (κ2) is 8.69. The molecule has 1 aromatic carbocycles.